The van der Waals surface area contributed by atoms with Gasteiger partial charge in [-0.05, 0) is 30.3 Å². The van der Waals surface area contributed by atoms with Crippen LogP contribution in [0.15, 0.2) is 53.3 Å². The molecule has 0 amide bonds. The molecule has 0 aliphatic heterocycles. The second-order valence-electron chi connectivity index (χ2n) is 3.70. The highest BCUT2D eigenvalue weighted by Crippen LogP contribution is 2.18. The van der Waals surface area contributed by atoms with Crippen LogP contribution in [0.4, 0.5) is 0 Å². The first kappa shape index (κ1) is 13.2. The van der Waals surface area contributed by atoms with Gasteiger partial charge in [-0.2, -0.15) is 0 Å². The van der Waals surface area contributed by atoms with Crippen LogP contribution in [0.5, 0.6) is 5.75 Å². The van der Waals surface area contributed by atoms with E-state index in [1.807, 2.05) is 0 Å². The van der Waals surface area contributed by atoms with E-state index < -0.39 is 9.84 Å². The standard InChI is InChI=1S/C13H12N2O3S/c1-18-12-2-4-13(5-3-12)19(16,17)7-6-11-8-14-10-15-9-11/h2-10H,1H3/b7-6+. The van der Waals surface area contributed by atoms with E-state index >= 15 is 0 Å². The lowest BCUT2D eigenvalue weighted by atomic mass is 10.3. The quantitative estimate of drug-likeness (QED) is 0.853. The van der Waals surface area contributed by atoms with Crippen molar-refractivity contribution in [3.05, 3.63) is 54.0 Å². The molecule has 2 rings (SSSR count). The predicted molar refractivity (Wildman–Crippen MR) is 71.2 cm³/mol. The third kappa shape index (κ3) is 3.38. The van der Waals surface area contributed by atoms with Gasteiger partial charge in [0.05, 0.1) is 12.0 Å². The Morgan fingerprint density at radius 2 is 1.74 bits per heavy atom. The van der Waals surface area contributed by atoms with Gasteiger partial charge in [0, 0.05) is 23.4 Å². The fraction of sp³-hybridized carbons (Fsp3) is 0.0769. The summed E-state index contributed by atoms with van der Waals surface area (Å²) in [6, 6.07) is 6.21. The number of aromatic nitrogens is 2. The minimum absolute atomic E-state index is 0.210. The van der Waals surface area contributed by atoms with Crippen LogP contribution in [0, 0.1) is 0 Å². The molecule has 0 saturated carbocycles. The van der Waals surface area contributed by atoms with Crippen LogP contribution in [0.3, 0.4) is 0 Å². The SMILES string of the molecule is COc1ccc(S(=O)(=O)/C=C/c2cncnc2)cc1. The van der Waals surface area contributed by atoms with E-state index in [-0.39, 0.29) is 4.90 Å². The van der Waals surface area contributed by atoms with Gasteiger partial charge in [-0.3, -0.25) is 0 Å². The first-order valence-corrected chi connectivity index (χ1v) is 6.99. The summed E-state index contributed by atoms with van der Waals surface area (Å²) in [6.45, 7) is 0. The van der Waals surface area contributed by atoms with E-state index in [0.29, 0.717) is 11.3 Å². The topological polar surface area (TPSA) is 69.2 Å². The van der Waals surface area contributed by atoms with E-state index in [4.69, 9.17) is 4.74 Å². The maximum Gasteiger partial charge on any atom is 0.199 e. The highest BCUT2D eigenvalue weighted by atomic mass is 32.2. The van der Waals surface area contributed by atoms with Crippen LogP contribution in [-0.4, -0.2) is 25.5 Å². The van der Waals surface area contributed by atoms with Crippen molar-refractivity contribution in [1.29, 1.82) is 0 Å². The van der Waals surface area contributed by atoms with Crippen molar-refractivity contribution < 1.29 is 13.2 Å². The molecule has 6 heteroatoms. The highest BCUT2D eigenvalue weighted by molar-refractivity contribution is 7.94. The lowest BCUT2D eigenvalue weighted by Crippen LogP contribution is -1.96. The molecule has 0 aliphatic carbocycles. The van der Waals surface area contributed by atoms with Gasteiger partial charge in [0.15, 0.2) is 9.84 Å². The molecule has 0 atom stereocenters. The summed E-state index contributed by atoms with van der Waals surface area (Å²) in [7, 11) is -1.95. The number of hydrogen-bond acceptors (Lipinski definition) is 5. The molecule has 0 fully saturated rings. The Kier molecular flexibility index (Phi) is 3.91. The summed E-state index contributed by atoms with van der Waals surface area (Å²) < 4.78 is 29.1. The predicted octanol–water partition coefficient (Wildman–Crippen LogP) is 1.93. The zero-order valence-electron chi connectivity index (χ0n) is 10.2. The second-order valence-corrected chi connectivity index (χ2v) is 5.53. The highest BCUT2D eigenvalue weighted by Gasteiger charge is 2.09. The third-order valence-electron chi connectivity index (χ3n) is 2.41. The first-order chi connectivity index (χ1) is 9.12. The lowest BCUT2D eigenvalue weighted by Gasteiger charge is -2.01. The molecule has 5 nitrogen and oxygen atoms in total. The molecular formula is C13H12N2O3S. The molecule has 0 N–H and O–H groups in total. The van der Waals surface area contributed by atoms with Gasteiger partial charge in [0.1, 0.15) is 12.1 Å². The van der Waals surface area contributed by atoms with E-state index in [2.05, 4.69) is 9.97 Å². The van der Waals surface area contributed by atoms with E-state index in [0.717, 1.165) is 5.41 Å². The molecule has 19 heavy (non-hydrogen) atoms. The minimum Gasteiger partial charge on any atom is -0.497 e. The smallest absolute Gasteiger partial charge is 0.199 e. The fourth-order valence-corrected chi connectivity index (χ4v) is 2.42. The van der Waals surface area contributed by atoms with Crippen molar-refractivity contribution in [3.63, 3.8) is 0 Å². The molecule has 0 aliphatic rings. The van der Waals surface area contributed by atoms with Gasteiger partial charge in [-0.15, -0.1) is 0 Å². The number of nitrogens with zero attached hydrogens (tertiary/aromatic N) is 2. The van der Waals surface area contributed by atoms with Gasteiger partial charge >= 0.3 is 0 Å². The number of ether oxygens (including phenoxy) is 1. The summed E-state index contributed by atoms with van der Waals surface area (Å²) in [5.41, 5.74) is 0.625. The van der Waals surface area contributed by atoms with Gasteiger partial charge < -0.3 is 4.74 Å². The average molecular weight is 276 g/mol. The van der Waals surface area contributed by atoms with Crippen molar-refractivity contribution in [2.75, 3.05) is 7.11 Å². The van der Waals surface area contributed by atoms with E-state index in [9.17, 15) is 8.42 Å². The van der Waals surface area contributed by atoms with Crippen LogP contribution in [0.25, 0.3) is 6.08 Å². The lowest BCUT2D eigenvalue weighted by molar-refractivity contribution is 0.414. The van der Waals surface area contributed by atoms with Gasteiger partial charge in [-0.25, -0.2) is 18.4 Å². The number of sulfone groups is 1. The summed E-state index contributed by atoms with van der Waals surface area (Å²) in [5.74, 6) is 0.611. The largest absolute Gasteiger partial charge is 0.497 e. The number of benzene rings is 1. The Labute approximate surface area is 111 Å². The van der Waals surface area contributed by atoms with E-state index in [1.54, 1.807) is 12.1 Å². The van der Waals surface area contributed by atoms with Crippen LogP contribution in [0.1, 0.15) is 5.56 Å². The average Bonchev–Trinajstić information content (AvgIpc) is 2.46. The molecular weight excluding hydrogens is 264 g/mol. The second kappa shape index (κ2) is 5.62. The van der Waals surface area contributed by atoms with Crippen LogP contribution >= 0.6 is 0 Å². The van der Waals surface area contributed by atoms with Gasteiger partial charge in [0.2, 0.25) is 0 Å². The van der Waals surface area contributed by atoms with Gasteiger partial charge in [0.25, 0.3) is 0 Å². The fourth-order valence-electron chi connectivity index (χ4n) is 1.41. The van der Waals surface area contributed by atoms with Crippen molar-refractivity contribution in [2.45, 2.75) is 4.90 Å². The van der Waals surface area contributed by atoms with Crippen LogP contribution in [0.2, 0.25) is 0 Å². The van der Waals surface area contributed by atoms with Crippen LogP contribution in [-0.2, 0) is 9.84 Å². The number of rotatable bonds is 4. The minimum atomic E-state index is -3.48. The summed E-state index contributed by atoms with van der Waals surface area (Å²) in [4.78, 5) is 7.82. The van der Waals surface area contributed by atoms with Crippen molar-refractivity contribution in [2.24, 2.45) is 0 Å². The van der Waals surface area contributed by atoms with E-state index in [1.165, 1.54) is 44.0 Å². The number of hydrogen-bond donors (Lipinski definition) is 0. The maximum absolute atomic E-state index is 12.0. The molecule has 1 aromatic heterocycles. The molecule has 0 spiro atoms. The summed E-state index contributed by atoms with van der Waals surface area (Å²) >= 11 is 0. The summed E-state index contributed by atoms with van der Waals surface area (Å²) in [6.07, 6.45) is 5.91. The Hall–Kier alpha value is -2.21. The Balaban J connectivity index is 2.25. The zero-order chi connectivity index (χ0) is 13.7. The first-order valence-electron chi connectivity index (χ1n) is 5.44. The zero-order valence-corrected chi connectivity index (χ0v) is 11.0. The molecule has 98 valence electrons. The molecule has 0 unspecified atom stereocenters. The molecule has 0 bridgehead atoms. The molecule has 0 radical (unpaired) electrons. The maximum atomic E-state index is 12.0. The van der Waals surface area contributed by atoms with Crippen LogP contribution < -0.4 is 4.74 Å². The molecule has 0 saturated heterocycles. The molecule has 1 heterocycles. The normalized spacial score (nSPS) is 11.6. The summed E-state index contributed by atoms with van der Waals surface area (Å²) in [5, 5.41) is 1.13. The molecule has 1 aromatic carbocycles. The van der Waals surface area contributed by atoms with Gasteiger partial charge in [-0.1, -0.05) is 0 Å². The van der Waals surface area contributed by atoms with Crippen molar-refractivity contribution in [3.8, 4) is 5.75 Å². The Morgan fingerprint density at radius 3 is 2.32 bits per heavy atom. The van der Waals surface area contributed by atoms with Crippen molar-refractivity contribution in [1.82, 2.24) is 9.97 Å². The monoisotopic (exact) mass is 276 g/mol. The Morgan fingerprint density at radius 1 is 1.11 bits per heavy atom. The molecule has 2 aromatic rings. The third-order valence-corrected chi connectivity index (χ3v) is 3.83. The Bertz CT molecular complexity index is 665. The van der Waals surface area contributed by atoms with Crippen molar-refractivity contribution >= 4 is 15.9 Å². The number of methoxy groups -OCH3 is 1.